The van der Waals surface area contributed by atoms with Crippen LogP contribution >= 0.6 is 11.1 Å². The van der Waals surface area contributed by atoms with E-state index in [1.165, 1.54) is 38.5 Å². The van der Waals surface area contributed by atoms with Crippen molar-refractivity contribution in [3.05, 3.63) is 68.4 Å². The van der Waals surface area contributed by atoms with E-state index in [0.29, 0.717) is 22.0 Å². The number of phenols is 1. The zero-order chi connectivity index (χ0) is 33.8. The van der Waals surface area contributed by atoms with Crippen molar-refractivity contribution in [3.63, 3.8) is 0 Å². The number of carbonyl (C=O) groups is 2. The van der Waals surface area contributed by atoms with Crippen LogP contribution in [0.2, 0.25) is 36.3 Å². The van der Waals surface area contributed by atoms with Crippen molar-refractivity contribution < 1.29 is 28.6 Å². The molecule has 2 aromatic rings. The van der Waals surface area contributed by atoms with Crippen molar-refractivity contribution in [2.75, 3.05) is 14.2 Å². The van der Waals surface area contributed by atoms with E-state index in [1.807, 2.05) is 0 Å². The summed E-state index contributed by atoms with van der Waals surface area (Å²) in [7, 11) is -0.905. The summed E-state index contributed by atoms with van der Waals surface area (Å²) < 4.78 is 15.3. The highest BCUT2D eigenvalue weighted by molar-refractivity contribution is 7.20. The van der Waals surface area contributed by atoms with Gasteiger partial charge in [0, 0.05) is 9.82 Å². The zero-order valence-electron chi connectivity index (χ0n) is 27.0. The number of benzene rings is 2. The van der Waals surface area contributed by atoms with E-state index >= 15 is 0 Å². The van der Waals surface area contributed by atoms with E-state index in [2.05, 4.69) is 97.3 Å². The fourth-order valence-corrected chi connectivity index (χ4v) is 3.33. The van der Waals surface area contributed by atoms with E-state index < -0.39 is 27.6 Å². The van der Waals surface area contributed by atoms with Gasteiger partial charge >= 0.3 is 11.9 Å². The second-order valence-corrected chi connectivity index (χ2v) is 24.3. The number of carbonyl (C=O) groups excluding carboxylic acids is 2. The summed E-state index contributed by atoms with van der Waals surface area (Å²) in [6.45, 7) is 21.5. The smallest absolute Gasteiger partial charge is 0.337 e. The van der Waals surface area contributed by atoms with Crippen molar-refractivity contribution >= 4 is 50.1 Å². The summed E-state index contributed by atoms with van der Waals surface area (Å²) in [6.07, 6.45) is 0. The second kappa shape index (κ2) is 16.2. The van der Waals surface area contributed by atoms with Gasteiger partial charge in [-0.2, -0.15) is 11.1 Å². The van der Waals surface area contributed by atoms with Gasteiger partial charge in [-0.3, -0.25) is 0 Å². The van der Waals surface area contributed by atoms with Crippen molar-refractivity contribution in [2.24, 2.45) is 10.2 Å². The molecular formula is C28H43ClN6O6Si2. The molecule has 0 amide bonds. The topological polar surface area (TPSA) is 180 Å². The van der Waals surface area contributed by atoms with Crippen LogP contribution in [0.3, 0.4) is 0 Å². The Labute approximate surface area is 260 Å². The van der Waals surface area contributed by atoms with E-state index in [0.717, 1.165) is 0 Å². The molecular weight excluding hydrogens is 608 g/mol. The van der Waals surface area contributed by atoms with Crippen LogP contribution in [-0.4, -0.2) is 47.0 Å². The molecule has 12 nitrogen and oxygen atoms in total. The summed E-state index contributed by atoms with van der Waals surface area (Å²) in [5.41, 5.74) is 17.7. The number of methoxy groups -OCH3 is 2. The van der Waals surface area contributed by atoms with Crippen LogP contribution in [0.4, 0.5) is 11.4 Å². The number of ether oxygens (including phenoxy) is 2. The summed E-state index contributed by atoms with van der Waals surface area (Å²) >= 11 is 6.15. The Morgan fingerprint density at radius 3 is 1.56 bits per heavy atom. The molecule has 15 heteroatoms. The molecule has 0 aliphatic heterocycles. The molecule has 236 valence electrons. The molecule has 0 heterocycles. The first-order valence-corrected chi connectivity index (χ1v) is 20.1. The van der Waals surface area contributed by atoms with Gasteiger partial charge in [0.1, 0.15) is 11.5 Å². The third-order valence-electron chi connectivity index (χ3n) is 7.04. The molecule has 0 saturated heterocycles. The van der Waals surface area contributed by atoms with Crippen LogP contribution in [-0.2, 0) is 9.47 Å². The lowest BCUT2D eigenvalue weighted by Gasteiger charge is -2.36. The zero-order valence-corrected chi connectivity index (χ0v) is 29.8. The SMILES string of the molecule is CC(C)(C)[Si](C)(C)Cl.COC(=O)c1ccc(O)c(N=[N+]=[N-])c1.COC(=O)c1ccc(O[Si](C)(C)C(C)(C)C)c(N=[N+]=[N-])c1. The number of hydrogen-bond donors (Lipinski definition) is 1. The molecule has 1 N–H and O–H groups in total. The lowest BCUT2D eigenvalue weighted by Crippen LogP contribution is -2.43. The predicted octanol–water partition coefficient (Wildman–Crippen LogP) is 10.1. The Morgan fingerprint density at radius 2 is 1.19 bits per heavy atom. The largest absolute Gasteiger partial charge is 0.543 e. The summed E-state index contributed by atoms with van der Waals surface area (Å²) in [4.78, 5) is 27.9. The molecule has 0 spiro atoms. The first kappa shape index (κ1) is 39.3. The highest BCUT2D eigenvalue weighted by Gasteiger charge is 2.39. The molecule has 2 aromatic carbocycles. The van der Waals surface area contributed by atoms with Gasteiger partial charge in [-0.05, 0) is 70.6 Å². The van der Waals surface area contributed by atoms with E-state index in [-0.39, 0.29) is 22.0 Å². The van der Waals surface area contributed by atoms with Crippen molar-refractivity contribution in [1.82, 2.24) is 0 Å². The number of esters is 2. The molecule has 0 aliphatic carbocycles. The quantitative estimate of drug-likeness (QED) is 0.0810. The molecule has 0 aliphatic rings. The predicted molar refractivity (Wildman–Crippen MR) is 176 cm³/mol. The Hall–Kier alpha value is -3.68. The van der Waals surface area contributed by atoms with Gasteiger partial charge in [0.2, 0.25) is 8.32 Å². The number of halogens is 1. The molecule has 0 atom stereocenters. The third-order valence-corrected chi connectivity index (χ3v) is 16.6. The maximum absolute atomic E-state index is 11.5. The standard InChI is InChI=1S/C14H21N3O3Si.C8H7N3O3.C6H15ClSi/c1-14(2,3)21(5,6)20-12-8-7-10(13(18)19-4)9-11(12)16-17-15;1-14-8(13)5-2-3-7(12)6(4-5)10-11-9;1-6(2,3)8(4,5)7/h7-9H,1-6H3;2-4,12H,1H3;1-5H3. The van der Waals surface area contributed by atoms with E-state index in [1.54, 1.807) is 12.1 Å². The van der Waals surface area contributed by atoms with Gasteiger partial charge in [-0.25, -0.2) is 9.59 Å². The fourth-order valence-electron chi connectivity index (χ4n) is 2.30. The average Bonchev–Trinajstić information content (AvgIpc) is 2.89. The molecule has 0 radical (unpaired) electrons. The Morgan fingerprint density at radius 1 is 0.791 bits per heavy atom. The first-order chi connectivity index (χ1) is 19.6. The molecule has 0 bridgehead atoms. The monoisotopic (exact) mass is 650 g/mol. The van der Waals surface area contributed by atoms with Gasteiger partial charge in [0.05, 0.1) is 36.7 Å². The molecule has 0 saturated carbocycles. The number of rotatable bonds is 6. The first-order valence-electron chi connectivity index (χ1n) is 13.2. The summed E-state index contributed by atoms with van der Waals surface area (Å²) in [5, 5.41) is 16.4. The normalized spacial score (nSPS) is 11.2. The van der Waals surface area contributed by atoms with Crippen LogP contribution in [0.1, 0.15) is 62.3 Å². The van der Waals surface area contributed by atoms with E-state index in [4.69, 9.17) is 26.6 Å². The lowest BCUT2D eigenvalue weighted by atomic mass is 10.2. The Kier molecular flexibility index (Phi) is 14.9. The highest BCUT2D eigenvalue weighted by atomic mass is 35.6. The minimum absolute atomic E-state index is 0.00426. The average molecular weight is 651 g/mol. The number of nitrogens with zero attached hydrogens (tertiary/aromatic N) is 6. The van der Waals surface area contributed by atoms with Crippen LogP contribution in [0.25, 0.3) is 20.9 Å². The number of phenolic OH excluding ortho intramolecular Hbond substituents is 1. The number of azide groups is 2. The fraction of sp³-hybridized carbons (Fsp3) is 0.500. The highest BCUT2D eigenvalue weighted by Crippen LogP contribution is 2.40. The Balaban J connectivity index is 0.000000688. The van der Waals surface area contributed by atoms with E-state index in [9.17, 15) is 14.7 Å². The molecule has 43 heavy (non-hydrogen) atoms. The lowest BCUT2D eigenvalue weighted by molar-refractivity contribution is 0.0592. The molecule has 2 rings (SSSR count). The van der Waals surface area contributed by atoms with Gasteiger partial charge in [-0.1, -0.05) is 64.9 Å². The van der Waals surface area contributed by atoms with Crippen molar-refractivity contribution in [2.45, 2.75) is 77.8 Å². The number of aromatic hydroxyl groups is 1. The molecule has 0 unspecified atom stereocenters. The summed E-state index contributed by atoms with van der Waals surface area (Å²) in [5.74, 6) is -0.731. The third kappa shape index (κ3) is 12.6. The molecule has 0 fully saturated rings. The van der Waals surface area contributed by atoms with Crippen LogP contribution in [0, 0.1) is 0 Å². The minimum Gasteiger partial charge on any atom is -0.543 e. The van der Waals surface area contributed by atoms with Gasteiger partial charge < -0.3 is 19.0 Å². The van der Waals surface area contributed by atoms with Gasteiger partial charge in [-0.15, -0.1) is 0 Å². The second-order valence-electron chi connectivity index (χ2n) is 12.3. The van der Waals surface area contributed by atoms with Crippen molar-refractivity contribution in [3.8, 4) is 11.5 Å². The molecule has 0 aromatic heterocycles. The van der Waals surface area contributed by atoms with Crippen LogP contribution in [0.15, 0.2) is 46.6 Å². The maximum atomic E-state index is 11.5. The van der Waals surface area contributed by atoms with Gasteiger partial charge in [0.25, 0.3) is 0 Å². The van der Waals surface area contributed by atoms with Crippen molar-refractivity contribution in [1.29, 1.82) is 0 Å². The van der Waals surface area contributed by atoms with Gasteiger partial charge in [0.15, 0.2) is 7.38 Å². The minimum atomic E-state index is -2.06. The van der Waals surface area contributed by atoms with Crippen LogP contribution < -0.4 is 4.43 Å². The van der Waals surface area contributed by atoms with Crippen LogP contribution in [0.5, 0.6) is 11.5 Å². The summed E-state index contributed by atoms with van der Waals surface area (Å²) in [6, 6.07) is 8.62. The maximum Gasteiger partial charge on any atom is 0.337 e. The number of hydrogen-bond acceptors (Lipinski definition) is 8. The Bertz CT molecular complexity index is 1360.